The lowest BCUT2D eigenvalue weighted by Gasteiger charge is -2.36. The molecule has 0 saturated heterocycles. The molecule has 24 heavy (non-hydrogen) atoms. The fourth-order valence-corrected chi connectivity index (χ4v) is 3.83. The normalized spacial score (nSPS) is 23.3. The van der Waals surface area contributed by atoms with Gasteiger partial charge in [0.05, 0.1) is 6.10 Å². The molecule has 1 fully saturated rings. The third-order valence-corrected chi connectivity index (χ3v) is 5.28. The summed E-state index contributed by atoms with van der Waals surface area (Å²) in [7, 11) is 1.91. The van der Waals surface area contributed by atoms with E-state index < -0.39 is 0 Å². The molecule has 1 aromatic carbocycles. The number of nitrogens with one attached hydrogen (secondary N) is 1. The molecule has 0 bridgehead atoms. The first-order valence-electron chi connectivity index (χ1n) is 9.22. The second kappa shape index (κ2) is 9.07. The van der Waals surface area contributed by atoms with Gasteiger partial charge in [-0.15, -0.1) is 0 Å². The van der Waals surface area contributed by atoms with Crippen molar-refractivity contribution in [3.05, 3.63) is 35.9 Å². The molecule has 1 aliphatic rings. The number of amides is 2. The number of benzene rings is 1. The van der Waals surface area contributed by atoms with Gasteiger partial charge in [0.2, 0.25) is 0 Å². The minimum absolute atomic E-state index is 0.000254. The lowest BCUT2D eigenvalue weighted by atomic mass is 9.85. The molecule has 2 rings (SSSR count). The van der Waals surface area contributed by atoms with Crippen molar-refractivity contribution in [3.63, 3.8) is 0 Å². The molecule has 0 heterocycles. The quantitative estimate of drug-likeness (QED) is 0.833. The van der Waals surface area contributed by atoms with Gasteiger partial charge in [-0.2, -0.15) is 0 Å². The minimum atomic E-state index is -0.386. The van der Waals surface area contributed by atoms with Gasteiger partial charge in [-0.3, -0.25) is 0 Å². The van der Waals surface area contributed by atoms with Gasteiger partial charge in [0, 0.05) is 25.6 Å². The Balaban J connectivity index is 1.94. The van der Waals surface area contributed by atoms with E-state index in [1.807, 2.05) is 30.1 Å². The number of hydrogen-bond donors (Lipinski definition) is 2. The summed E-state index contributed by atoms with van der Waals surface area (Å²) in [4.78, 5) is 14.4. The van der Waals surface area contributed by atoms with E-state index in [0.717, 1.165) is 12.0 Å². The summed E-state index contributed by atoms with van der Waals surface area (Å²) >= 11 is 0. The Kier molecular flexibility index (Phi) is 7.10. The van der Waals surface area contributed by atoms with Crippen LogP contribution in [0.5, 0.6) is 0 Å². The molecule has 1 saturated carbocycles. The molecular weight excluding hydrogens is 300 g/mol. The molecule has 0 aliphatic heterocycles. The van der Waals surface area contributed by atoms with E-state index in [2.05, 4.69) is 24.4 Å². The van der Waals surface area contributed by atoms with Crippen molar-refractivity contribution in [2.24, 2.45) is 5.92 Å². The monoisotopic (exact) mass is 332 g/mol. The highest BCUT2D eigenvalue weighted by Crippen LogP contribution is 2.27. The predicted octanol–water partition coefficient (Wildman–Crippen LogP) is 3.76. The van der Waals surface area contributed by atoms with Gasteiger partial charge < -0.3 is 15.3 Å². The highest BCUT2D eigenvalue weighted by atomic mass is 16.3. The van der Waals surface area contributed by atoms with Crippen molar-refractivity contribution in [1.82, 2.24) is 10.2 Å². The van der Waals surface area contributed by atoms with E-state index in [1.54, 1.807) is 6.92 Å². The maximum atomic E-state index is 12.6. The van der Waals surface area contributed by atoms with Gasteiger partial charge in [0.1, 0.15) is 0 Å². The third-order valence-electron chi connectivity index (χ3n) is 5.28. The number of carbonyl (C=O) groups is 1. The van der Waals surface area contributed by atoms with Crippen LogP contribution in [0.15, 0.2) is 30.3 Å². The van der Waals surface area contributed by atoms with Crippen LogP contribution < -0.4 is 5.32 Å². The van der Waals surface area contributed by atoms with Crippen LogP contribution >= 0.6 is 0 Å². The predicted molar refractivity (Wildman–Crippen MR) is 98.1 cm³/mol. The van der Waals surface area contributed by atoms with E-state index >= 15 is 0 Å². The number of carbonyl (C=O) groups excluding carboxylic acids is 1. The molecule has 0 aromatic heterocycles. The Morgan fingerprint density at radius 1 is 1.29 bits per heavy atom. The van der Waals surface area contributed by atoms with Crippen molar-refractivity contribution < 1.29 is 9.90 Å². The zero-order valence-corrected chi connectivity index (χ0v) is 15.2. The molecule has 1 aliphatic carbocycles. The first kappa shape index (κ1) is 18.8. The summed E-state index contributed by atoms with van der Waals surface area (Å²) in [5.41, 5.74) is 1.16. The van der Waals surface area contributed by atoms with E-state index in [0.29, 0.717) is 24.9 Å². The lowest BCUT2D eigenvalue weighted by Crippen LogP contribution is -2.48. The van der Waals surface area contributed by atoms with Gasteiger partial charge >= 0.3 is 6.03 Å². The van der Waals surface area contributed by atoms with Crippen LogP contribution in [0.1, 0.15) is 57.4 Å². The van der Waals surface area contributed by atoms with Crippen LogP contribution in [-0.4, -0.2) is 41.8 Å². The summed E-state index contributed by atoms with van der Waals surface area (Å²) in [5, 5.41) is 12.9. The van der Waals surface area contributed by atoms with Crippen molar-refractivity contribution in [2.75, 3.05) is 13.6 Å². The lowest BCUT2D eigenvalue weighted by molar-refractivity contribution is 0.142. The van der Waals surface area contributed by atoms with E-state index in [9.17, 15) is 9.90 Å². The summed E-state index contributed by atoms with van der Waals surface area (Å²) < 4.78 is 0. The van der Waals surface area contributed by atoms with Crippen molar-refractivity contribution >= 4 is 6.03 Å². The zero-order valence-electron chi connectivity index (χ0n) is 15.2. The molecule has 4 heteroatoms. The molecule has 4 atom stereocenters. The second-order valence-corrected chi connectivity index (χ2v) is 7.32. The van der Waals surface area contributed by atoms with Crippen LogP contribution in [-0.2, 0) is 0 Å². The van der Waals surface area contributed by atoms with E-state index in [1.165, 1.54) is 19.3 Å². The largest absolute Gasteiger partial charge is 0.393 e. The average Bonchev–Trinajstić information content (AvgIpc) is 2.58. The maximum Gasteiger partial charge on any atom is 0.317 e. The highest BCUT2D eigenvalue weighted by Gasteiger charge is 2.28. The Hall–Kier alpha value is -1.55. The summed E-state index contributed by atoms with van der Waals surface area (Å²) in [6.45, 7) is 4.60. The SMILES string of the molecule is CC(O)CC(CNC(=O)N(C)C1CCCCC1C)c1ccccc1. The fraction of sp³-hybridized carbons (Fsp3) is 0.650. The highest BCUT2D eigenvalue weighted by molar-refractivity contribution is 5.74. The number of hydrogen-bond acceptors (Lipinski definition) is 2. The van der Waals surface area contributed by atoms with Crippen LogP contribution in [0.4, 0.5) is 4.79 Å². The molecule has 0 spiro atoms. The second-order valence-electron chi connectivity index (χ2n) is 7.32. The molecule has 4 unspecified atom stereocenters. The Morgan fingerprint density at radius 3 is 2.58 bits per heavy atom. The Morgan fingerprint density at radius 2 is 1.96 bits per heavy atom. The third kappa shape index (κ3) is 5.23. The molecular formula is C20H32N2O2. The molecule has 4 nitrogen and oxygen atoms in total. The number of aliphatic hydroxyl groups excluding tert-OH is 1. The first-order chi connectivity index (χ1) is 11.5. The number of nitrogens with zero attached hydrogens (tertiary/aromatic N) is 1. The molecule has 2 N–H and O–H groups in total. The first-order valence-corrected chi connectivity index (χ1v) is 9.22. The van der Waals surface area contributed by atoms with E-state index in [4.69, 9.17) is 0 Å². The minimum Gasteiger partial charge on any atom is -0.393 e. The standard InChI is InChI=1S/C20H32N2O2/c1-15-9-7-8-12-19(15)22(3)20(24)21-14-18(13-16(2)23)17-10-5-4-6-11-17/h4-6,10-11,15-16,18-19,23H,7-9,12-14H2,1-3H3,(H,21,24). The summed E-state index contributed by atoms with van der Waals surface area (Å²) in [5.74, 6) is 0.698. The van der Waals surface area contributed by atoms with Gasteiger partial charge in [-0.1, -0.05) is 50.1 Å². The van der Waals surface area contributed by atoms with Gasteiger partial charge in [0.25, 0.3) is 0 Å². The summed E-state index contributed by atoms with van der Waals surface area (Å²) in [6, 6.07) is 10.5. The zero-order chi connectivity index (χ0) is 17.5. The van der Waals surface area contributed by atoms with E-state index in [-0.39, 0.29) is 18.1 Å². The number of rotatable bonds is 6. The summed E-state index contributed by atoms with van der Waals surface area (Å²) in [6.07, 6.45) is 5.05. The topological polar surface area (TPSA) is 52.6 Å². The smallest absolute Gasteiger partial charge is 0.317 e. The Labute approximate surface area is 146 Å². The molecule has 134 valence electrons. The molecule has 0 radical (unpaired) electrons. The van der Waals surface area contributed by atoms with Gasteiger partial charge in [-0.05, 0) is 37.7 Å². The molecule has 2 amide bonds. The molecule has 1 aromatic rings. The number of urea groups is 1. The van der Waals surface area contributed by atoms with Crippen LogP contribution in [0, 0.1) is 5.92 Å². The fourth-order valence-electron chi connectivity index (χ4n) is 3.83. The van der Waals surface area contributed by atoms with Crippen molar-refractivity contribution in [3.8, 4) is 0 Å². The van der Waals surface area contributed by atoms with Gasteiger partial charge in [-0.25, -0.2) is 4.79 Å². The van der Waals surface area contributed by atoms with Crippen LogP contribution in [0.3, 0.4) is 0 Å². The average molecular weight is 332 g/mol. The van der Waals surface area contributed by atoms with Crippen molar-refractivity contribution in [1.29, 1.82) is 0 Å². The Bertz CT molecular complexity index is 504. The van der Waals surface area contributed by atoms with Gasteiger partial charge in [0.15, 0.2) is 0 Å². The van der Waals surface area contributed by atoms with Crippen LogP contribution in [0.25, 0.3) is 0 Å². The number of aliphatic hydroxyl groups is 1. The van der Waals surface area contributed by atoms with Crippen molar-refractivity contribution in [2.45, 2.75) is 64.0 Å². The van der Waals surface area contributed by atoms with Crippen LogP contribution in [0.2, 0.25) is 0 Å². The maximum absolute atomic E-state index is 12.6.